The Morgan fingerprint density at radius 3 is 2.43 bits per heavy atom. The molecule has 0 aliphatic carbocycles. The highest BCUT2D eigenvalue weighted by molar-refractivity contribution is 7.91. The van der Waals surface area contributed by atoms with Crippen molar-refractivity contribution < 1.29 is 26.0 Å². The van der Waals surface area contributed by atoms with Crippen molar-refractivity contribution in [2.24, 2.45) is 5.73 Å². The van der Waals surface area contributed by atoms with Crippen molar-refractivity contribution in [3.05, 3.63) is 35.1 Å². The highest BCUT2D eigenvalue weighted by atomic mass is 32.2. The zero-order chi connectivity index (χ0) is 16.3. The molecule has 0 spiro atoms. The molecule has 1 aromatic carbocycles. The first kappa shape index (κ1) is 17.9. The second-order valence-electron chi connectivity index (χ2n) is 4.71. The van der Waals surface area contributed by atoms with Gasteiger partial charge >= 0.3 is 6.18 Å². The lowest BCUT2D eigenvalue weighted by Crippen LogP contribution is -2.19. The van der Waals surface area contributed by atoms with Crippen molar-refractivity contribution in [1.82, 2.24) is 0 Å². The van der Waals surface area contributed by atoms with E-state index in [1.165, 1.54) is 6.92 Å². The first-order chi connectivity index (χ1) is 9.57. The molecule has 120 valence electrons. The third-order valence-corrected chi connectivity index (χ3v) is 4.92. The molecule has 21 heavy (non-hydrogen) atoms. The highest BCUT2D eigenvalue weighted by Crippen LogP contribution is 2.35. The van der Waals surface area contributed by atoms with E-state index >= 15 is 0 Å². The molecule has 1 aromatic rings. The standard InChI is InChI=1S/C13H17F4NO2S/c1-2-21(19,20)7-3-4-12(18)10-8-9(14)5-6-11(10)13(15,16)17/h5-6,8,12H,2-4,7,18H2,1H3. The quantitative estimate of drug-likeness (QED) is 0.817. The number of benzene rings is 1. The molecule has 0 aliphatic rings. The summed E-state index contributed by atoms with van der Waals surface area (Å²) in [6.07, 6.45) is -4.47. The molecular formula is C13H17F4NO2S. The normalized spacial score (nSPS) is 14.2. The number of sulfone groups is 1. The van der Waals surface area contributed by atoms with Crippen LogP contribution in [0.5, 0.6) is 0 Å². The number of hydrogen-bond acceptors (Lipinski definition) is 3. The largest absolute Gasteiger partial charge is 0.416 e. The number of hydrogen-bond donors (Lipinski definition) is 1. The van der Waals surface area contributed by atoms with E-state index in [-0.39, 0.29) is 29.9 Å². The van der Waals surface area contributed by atoms with Crippen LogP contribution in [0.25, 0.3) is 0 Å². The van der Waals surface area contributed by atoms with Gasteiger partial charge in [0.05, 0.1) is 11.3 Å². The van der Waals surface area contributed by atoms with Gasteiger partial charge in [-0.15, -0.1) is 0 Å². The summed E-state index contributed by atoms with van der Waals surface area (Å²) in [6.45, 7) is 1.49. The molecule has 0 aromatic heterocycles. The number of nitrogens with two attached hydrogens (primary N) is 1. The summed E-state index contributed by atoms with van der Waals surface area (Å²) < 4.78 is 74.3. The summed E-state index contributed by atoms with van der Waals surface area (Å²) in [5, 5.41) is 0. The Bertz CT molecular complexity index is 584. The second-order valence-corrected chi connectivity index (χ2v) is 7.19. The van der Waals surface area contributed by atoms with Crippen LogP contribution in [0, 0.1) is 5.82 Å². The Morgan fingerprint density at radius 1 is 1.29 bits per heavy atom. The lowest BCUT2D eigenvalue weighted by Gasteiger charge is -2.18. The van der Waals surface area contributed by atoms with E-state index in [0.29, 0.717) is 6.07 Å². The van der Waals surface area contributed by atoms with Gasteiger partial charge in [0.2, 0.25) is 0 Å². The van der Waals surface area contributed by atoms with Gasteiger partial charge in [-0.25, -0.2) is 12.8 Å². The molecule has 1 rings (SSSR count). The van der Waals surface area contributed by atoms with Gasteiger partial charge < -0.3 is 5.73 Å². The number of alkyl halides is 3. The molecule has 3 nitrogen and oxygen atoms in total. The van der Waals surface area contributed by atoms with Crippen LogP contribution in [0.3, 0.4) is 0 Å². The molecule has 1 atom stereocenters. The molecule has 0 radical (unpaired) electrons. The van der Waals surface area contributed by atoms with E-state index in [2.05, 4.69) is 0 Å². The average molecular weight is 327 g/mol. The zero-order valence-corrected chi connectivity index (χ0v) is 12.3. The molecule has 1 unspecified atom stereocenters. The van der Waals surface area contributed by atoms with Crippen LogP contribution in [0.4, 0.5) is 17.6 Å². The Balaban J connectivity index is 2.87. The van der Waals surface area contributed by atoms with Crippen LogP contribution >= 0.6 is 0 Å². The molecule has 0 amide bonds. The molecule has 0 fully saturated rings. The van der Waals surface area contributed by atoms with Crippen molar-refractivity contribution in [3.63, 3.8) is 0 Å². The van der Waals surface area contributed by atoms with Gasteiger partial charge in [-0.3, -0.25) is 0 Å². The Hall–Kier alpha value is -1.15. The van der Waals surface area contributed by atoms with Gasteiger partial charge in [0.1, 0.15) is 15.7 Å². The average Bonchev–Trinajstić information content (AvgIpc) is 2.36. The van der Waals surface area contributed by atoms with Crippen LogP contribution in [-0.2, 0) is 16.0 Å². The first-order valence-corrected chi connectivity index (χ1v) is 8.21. The fourth-order valence-electron chi connectivity index (χ4n) is 1.92. The van der Waals surface area contributed by atoms with E-state index in [0.717, 1.165) is 12.1 Å². The van der Waals surface area contributed by atoms with E-state index in [1.807, 2.05) is 0 Å². The van der Waals surface area contributed by atoms with Crippen LogP contribution in [0.1, 0.15) is 36.9 Å². The van der Waals surface area contributed by atoms with Crippen LogP contribution in [0.15, 0.2) is 18.2 Å². The minimum absolute atomic E-state index is 0.0317. The maximum atomic E-state index is 13.1. The minimum Gasteiger partial charge on any atom is -0.324 e. The number of rotatable bonds is 6. The molecule has 0 saturated heterocycles. The summed E-state index contributed by atoms with van der Waals surface area (Å²) in [4.78, 5) is 0. The fourth-order valence-corrected chi connectivity index (χ4v) is 2.82. The van der Waals surface area contributed by atoms with Crippen LogP contribution in [0.2, 0.25) is 0 Å². The van der Waals surface area contributed by atoms with E-state index < -0.39 is 33.4 Å². The fraction of sp³-hybridized carbons (Fsp3) is 0.538. The predicted octanol–water partition coefficient (Wildman–Crippen LogP) is 3.06. The molecular weight excluding hydrogens is 310 g/mol. The van der Waals surface area contributed by atoms with Gasteiger partial charge in [0, 0.05) is 11.8 Å². The monoisotopic (exact) mass is 327 g/mol. The lowest BCUT2D eigenvalue weighted by atomic mass is 9.97. The summed E-state index contributed by atoms with van der Waals surface area (Å²) >= 11 is 0. The van der Waals surface area contributed by atoms with Gasteiger partial charge in [-0.1, -0.05) is 6.92 Å². The van der Waals surface area contributed by atoms with Crippen LogP contribution < -0.4 is 5.73 Å². The Labute approximate surface area is 121 Å². The topological polar surface area (TPSA) is 60.2 Å². The van der Waals surface area contributed by atoms with Gasteiger partial charge in [-0.2, -0.15) is 13.2 Å². The predicted molar refractivity (Wildman–Crippen MR) is 71.9 cm³/mol. The van der Waals surface area contributed by atoms with Gasteiger partial charge in [-0.05, 0) is 36.6 Å². The van der Waals surface area contributed by atoms with Gasteiger partial charge in [0.15, 0.2) is 0 Å². The molecule has 0 heterocycles. The van der Waals surface area contributed by atoms with E-state index in [1.54, 1.807) is 0 Å². The van der Waals surface area contributed by atoms with E-state index in [9.17, 15) is 26.0 Å². The maximum absolute atomic E-state index is 13.1. The van der Waals surface area contributed by atoms with Gasteiger partial charge in [0.25, 0.3) is 0 Å². The maximum Gasteiger partial charge on any atom is 0.416 e. The first-order valence-electron chi connectivity index (χ1n) is 6.39. The Morgan fingerprint density at radius 2 is 1.90 bits per heavy atom. The highest BCUT2D eigenvalue weighted by Gasteiger charge is 2.34. The van der Waals surface area contributed by atoms with Crippen molar-refractivity contribution in [2.45, 2.75) is 32.0 Å². The minimum atomic E-state index is -4.63. The zero-order valence-electron chi connectivity index (χ0n) is 11.5. The summed E-state index contributed by atoms with van der Waals surface area (Å²) in [6, 6.07) is 1.06. The van der Waals surface area contributed by atoms with Crippen molar-refractivity contribution in [3.8, 4) is 0 Å². The van der Waals surface area contributed by atoms with E-state index in [4.69, 9.17) is 5.73 Å². The Kier molecular flexibility index (Phi) is 5.75. The molecule has 8 heteroatoms. The molecule has 2 N–H and O–H groups in total. The summed E-state index contributed by atoms with van der Waals surface area (Å²) in [7, 11) is -3.20. The molecule has 0 aliphatic heterocycles. The van der Waals surface area contributed by atoms with Crippen molar-refractivity contribution in [1.29, 1.82) is 0 Å². The summed E-state index contributed by atoms with van der Waals surface area (Å²) in [5.41, 5.74) is 4.33. The van der Waals surface area contributed by atoms with Crippen LogP contribution in [-0.4, -0.2) is 19.9 Å². The number of halogens is 4. The molecule has 0 bridgehead atoms. The molecule has 0 saturated carbocycles. The van der Waals surface area contributed by atoms with Crippen molar-refractivity contribution in [2.75, 3.05) is 11.5 Å². The third-order valence-electron chi connectivity index (χ3n) is 3.13. The smallest absolute Gasteiger partial charge is 0.324 e. The van der Waals surface area contributed by atoms with Crippen molar-refractivity contribution >= 4 is 9.84 Å². The lowest BCUT2D eigenvalue weighted by molar-refractivity contribution is -0.138. The second kappa shape index (κ2) is 6.74. The summed E-state index contributed by atoms with van der Waals surface area (Å²) in [5.74, 6) is -0.987. The SMILES string of the molecule is CCS(=O)(=O)CCCC(N)c1cc(F)ccc1C(F)(F)F. The third kappa shape index (κ3) is 5.28.